The van der Waals surface area contributed by atoms with Gasteiger partial charge in [-0.3, -0.25) is 0 Å². The maximum Gasteiger partial charge on any atom is 0.137 e. The topological polar surface area (TPSA) is 42.7 Å². The van der Waals surface area contributed by atoms with Crippen LogP contribution in [0.5, 0.6) is 0 Å². The number of thiophene rings is 1. The fourth-order valence-corrected chi connectivity index (χ4v) is 2.86. The summed E-state index contributed by atoms with van der Waals surface area (Å²) in [4.78, 5) is 3.96. The summed E-state index contributed by atoms with van der Waals surface area (Å²) in [7, 11) is 0. The van der Waals surface area contributed by atoms with Crippen molar-refractivity contribution in [2.75, 3.05) is 5.32 Å². The molecule has 4 nitrogen and oxygen atoms in total. The number of rotatable bonds is 5. The van der Waals surface area contributed by atoms with Gasteiger partial charge in [-0.25, -0.2) is 9.67 Å². The monoisotopic (exact) mass is 304 g/mol. The zero-order chi connectivity index (χ0) is 13.8. The lowest BCUT2D eigenvalue weighted by Gasteiger charge is -2.11. The molecule has 3 rings (SSSR count). The highest BCUT2D eigenvalue weighted by atomic mass is 35.5. The number of aromatic nitrogens is 3. The van der Waals surface area contributed by atoms with Gasteiger partial charge in [-0.05, 0) is 28.6 Å². The van der Waals surface area contributed by atoms with Crippen LogP contribution in [0.25, 0.3) is 0 Å². The van der Waals surface area contributed by atoms with Gasteiger partial charge in [0.05, 0.1) is 10.9 Å². The van der Waals surface area contributed by atoms with Gasteiger partial charge in [0, 0.05) is 12.2 Å². The smallest absolute Gasteiger partial charge is 0.137 e. The van der Waals surface area contributed by atoms with Crippen LogP contribution in [0.1, 0.15) is 11.1 Å². The normalized spacial score (nSPS) is 10.7. The van der Waals surface area contributed by atoms with Gasteiger partial charge in [0.2, 0.25) is 0 Å². The Morgan fingerprint density at radius 1 is 1.30 bits per heavy atom. The van der Waals surface area contributed by atoms with E-state index < -0.39 is 0 Å². The average molecular weight is 305 g/mol. The first kappa shape index (κ1) is 13.1. The Hall–Kier alpha value is -1.85. The molecule has 0 atom stereocenters. The second-order valence-electron chi connectivity index (χ2n) is 4.36. The standard InChI is InChI=1S/C14H13ClN4S/c15-14-5-11(8-20-14)6-17-13-4-2-1-3-12(13)7-19-10-16-9-18-19/h1-5,8-10,17H,6-7H2. The van der Waals surface area contributed by atoms with Gasteiger partial charge in [-0.2, -0.15) is 5.10 Å². The van der Waals surface area contributed by atoms with E-state index in [2.05, 4.69) is 32.9 Å². The summed E-state index contributed by atoms with van der Waals surface area (Å²) >= 11 is 7.49. The summed E-state index contributed by atoms with van der Waals surface area (Å²) in [5, 5.41) is 9.64. The number of anilines is 1. The van der Waals surface area contributed by atoms with E-state index in [1.54, 1.807) is 24.0 Å². The van der Waals surface area contributed by atoms with Crippen LogP contribution in [0.15, 0.2) is 48.4 Å². The van der Waals surface area contributed by atoms with E-state index in [-0.39, 0.29) is 0 Å². The lowest BCUT2D eigenvalue weighted by molar-refractivity contribution is 0.685. The molecule has 2 aromatic heterocycles. The summed E-state index contributed by atoms with van der Waals surface area (Å²) in [6.45, 7) is 1.46. The largest absolute Gasteiger partial charge is 0.381 e. The van der Waals surface area contributed by atoms with Gasteiger partial charge in [0.25, 0.3) is 0 Å². The first-order chi connectivity index (χ1) is 9.81. The second kappa shape index (κ2) is 6.07. The number of para-hydroxylation sites is 1. The van der Waals surface area contributed by atoms with E-state index in [9.17, 15) is 0 Å². The molecule has 0 fully saturated rings. The van der Waals surface area contributed by atoms with E-state index in [0.29, 0.717) is 6.54 Å². The van der Waals surface area contributed by atoms with Crippen LogP contribution in [0.4, 0.5) is 5.69 Å². The minimum atomic E-state index is 0.702. The predicted molar refractivity (Wildman–Crippen MR) is 82.2 cm³/mol. The van der Waals surface area contributed by atoms with Crippen molar-refractivity contribution in [2.45, 2.75) is 13.1 Å². The fraction of sp³-hybridized carbons (Fsp3) is 0.143. The molecule has 0 aliphatic heterocycles. The molecule has 20 heavy (non-hydrogen) atoms. The molecule has 0 saturated heterocycles. The van der Waals surface area contributed by atoms with Crippen LogP contribution in [-0.2, 0) is 13.1 Å². The molecule has 0 amide bonds. The van der Waals surface area contributed by atoms with E-state index in [4.69, 9.17) is 11.6 Å². The molecule has 6 heteroatoms. The summed E-state index contributed by atoms with van der Waals surface area (Å²) in [6, 6.07) is 10.2. The van der Waals surface area contributed by atoms with Crippen molar-refractivity contribution >= 4 is 28.6 Å². The zero-order valence-corrected chi connectivity index (χ0v) is 12.2. The maximum absolute atomic E-state index is 5.94. The van der Waals surface area contributed by atoms with Gasteiger partial charge in [-0.15, -0.1) is 11.3 Å². The third-order valence-corrected chi connectivity index (χ3v) is 4.06. The SMILES string of the molecule is Clc1cc(CNc2ccccc2Cn2cncn2)cs1. The van der Waals surface area contributed by atoms with Crippen molar-refractivity contribution < 1.29 is 0 Å². The third-order valence-electron chi connectivity index (χ3n) is 2.92. The van der Waals surface area contributed by atoms with Crippen molar-refractivity contribution in [3.63, 3.8) is 0 Å². The van der Waals surface area contributed by atoms with E-state index >= 15 is 0 Å². The molecule has 0 unspecified atom stereocenters. The third kappa shape index (κ3) is 3.18. The number of nitrogens with one attached hydrogen (secondary N) is 1. The summed E-state index contributed by atoms with van der Waals surface area (Å²) in [6.07, 6.45) is 3.26. The highest BCUT2D eigenvalue weighted by Crippen LogP contribution is 2.22. The van der Waals surface area contributed by atoms with Crippen molar-refractivity contribution in [1.29, 1.82) is 0 Å². The Labute approximate surface area is 126 Å². The average Bonchev–Trinajstić information content (AvgIpc) is 3.10. The minimum Gasteiger partial charge on any atom is -0.381 e. The Morgan fingerprint density at radius 3 is 2.95 bits per heavy atom. The fourth-order valence-electron chi connectivity index (χ4n) is 1.96. The Morgan fingerprint density at radius 2 is 2.20 bits per heavy atom. The molecule has 1 N–H and O–H groups in total. The second-order valence-corrected chi connectivity index (χ2v) is 5.91. The summed E-state index contributed by atoms with van der Waals surface area (Å²) in [5.41, 5.74) is 3.47. The number of hydrogen-bond donors (Lipinski definition) is 1. The van der Waals surface area contributed by atoms with Crippen LogP contribution in [0.3, 0.4) is 0 Å². The number of halogens is 1. The molecular weight excluding hydrogens is 292 g/mol. The molecule has 0 bridgehead atoms. The molecular formula is C14H13ClN4S. The van der Waals surface area contributed by atoms with Gasteiger partial charge < -0.3 is 5.32 Å². The lowest BCUT2D eigenvalue weighted by Crippen LogP contribution is -2.06. The minimum absolute atomic E-state index is 0.702. The molecule has 0 aliphatic rings. The number of nitrogens with zero attached hydrogens (tertiary/aromatic N) is 3. The van der Waals surface area contributed by atoms with Crippen molar-refractivity contribution in [3.05, 3.63) is 63.8 Å². The van der Waals surface area contributed by atoms with E-state index in [1.165, 1.54) is 11.1 Å². The Bertz CT molecular complexity index is 678. The van der Waals surface area contributed by atoms with Gasteiger partial charge in [0.15, 0.2) is 0 Å². The highest BCUT2D eigenvalue weighted by Gasteiger charge is 2.04. The Balaban J connectivity index is 1.72. The van der Waals surface area contributed by atoms with Crippen molar-refractivity contribution in [3.8, 4) is 0 Å². The van der Waals surface area contributed by atoms with Crippen LogP contribution in [-0.4, -0.2) is 14.8 Å². The zero-order valence-electron chi connectivity index (χ0n) is 10.7. The first-order valence-corrected chi connectivity index (χ1v) is 7.44. The van der Waals surface area contributed by atoms with Crippen LogP contribution in [0.2, 0.25) is 4.34 Å². The molecule has 1 aromatic carbocycles. The van der Waals surface area contributed by atoms with Gasteiger partial charge in [-0.1, -0.05) is 29.8 Å². The maximum atomic E-state index is 5.94. The molecule has 3 aromatic rings. The predicted octanol–water partition coefficient (Wildman–Crippen LogP) is 3.65. The molecule has 102 valence electrons. The van der Waals surface area contributed by atoms with E-state index in [1.807, 2.05) is 22.9 Å². The van der Waals surface area contributed by atoms with Crippen molar-refractivity contribution in [2.24, 2.45) is 0 Å². The molecule has 0 radical (unpaired) electrons. The lowest BCUT2D eigenvalue weighted by atomic mass is 10.1. The van der Waals surface area contributed by atoms with Crippen LogP contribution >= 0.6 is 22.9 Å². The number of hydrogen-bond acceptors (Lipinski definition) is 4. The molecule has 2 heterocycles. The first-order valence-electron chi connectivity index (χ1n) is 6.18. The quantitative estimate of drug-likeness (QED) is 0.782. The summed E-state index contributed by atoms with van der Waals surface area (Å²) < 4.78 is 2.62. The molecule has 0 saturated carbocycles. The number of benzene rings is 1. The summed E-state index contributed by atoms with van der Waals surface area (Å²) in [5.74, 6) is 0. The Kier molecular flexibility index (Phi) is 3.99. The van der Waals surface area contributed by atoms with Crippen molar-refractivity contribution in [1.82, 2.24) is 14.8 Å². The molecule has 0 aliphatic carbocycles. The van der Waals surface area contributed by atoms with Gasteiger partial charge >= 0.3 is 0 Å². The van der Waals surface area contributed by atoms with Crippen LogP contribution < -0.4 is 5.32 Å². The van der Waals surface area contributed by atoms with Gasteiger partial charge in [0.1, 0.15) is 12.7 Å². The highest BCUT2D eigenvalue weighted by molar-refractivity contribution is 7.14. The molecule has 0 spiro atoms. The van der Waals surface area contributed by atoms with Crippen LogP contribution in [0, 0.1) is 0 Å². The van der Waals surface area contributed by atoms with E-state index in [0.717, 1.165) is 16.6 Å².